The van der Waals surface area contributed by atoms with Crippen molar-refractivity contribution < 1.29 is 18.4 Å². The van der Waals surface area contributed by atoms with Gasteiger partial charge in [0, 0.05) is 70.0 Å². The summed E-state index contributed by atoms with van der Waals surface area (Å²) >= 11 is 0. The molecule has 6 heterocycles. The lowest BCUT2D eigenvalue weighted by molar-refractivity contribution is 0.112. The number of rotatable bonds is 6. The standard InChI is InChI=1S/C42H36N10O4Si/c1-5-49(6-2)41(53)55-57(56-42(54)50(7-3)8-4)51-37-29-21-13-14-22-30(29)39(51)47-35-27-19-11-12-20-28(27)36(44-35)48-40-32-24-16-15-23-31(32)38(52(40)57)46-34-26-18-10-9-17-25(26)33(43-34)45-37/h9-24H,5-8H2,1-4H3. The molecule has 2 aromatic heterocycles. The normalized spacial score (nSPS) is 15.2. The lowest BCUT2D eigenvalue weighted by Crippen LogP contribution is -2.67. The molecule has 0 aliphatic carbocycles. The Morgan fingerprint density at radius 1 is 0.474 bits per heavy atom. The van der Waals surface area contributed by atoms with Gasteiger partial charge in [-0.2, -0.15) is 0 Å². The SMILES string of the molecule is CCN(CC)C(=O)O[Si]1(OC(=O)N(CC)CC)n2c3c4ccccc4c2N=C2N=C(N=c4c5ccccc5c(n41)=NC1=NC(=N3)c3ccccc31)c1ccccc12. The zero-order valence-electron chi connectivity index (χ0n) is 31.7. The molecule has 4 aliphatic heterocycles. The van der Waals surface area contributed by atoms with Crippen LogP contribution in [0, 0.1) is 0 Å². The number of amides is 2. The molecule has 0 saturated carbocycles. The van der Waals surface area contributed by atoms with Gasteiger partial charge >= 0.3 is 21.1 Å². The summed E-state index contributed by atoms with van der Waals surface area (Å²) in [5, 5.41) is 2.68. The van der Waals surface area contributed by atoms with Crippen LogP contribution in [0.1, 0.15) is 49.9 Å². The van der Waals surface area contributed by atoms with Crippen LogP contribution in [0.2, 0.25) is 0 Å². The Kier molecular flexibility index (Phi) is 7.90. The molecule has 6 aromatic rings. The Hall–Kier alpha value is -7.00. The van der Waals surface area contributed by atoms with Gasteiger partial charge in [-0.3, -0.25) is 8.47 Å². The van der Waals surface area contributed by atoms with E-state index in [4.69, 9.17) is 38.8 Å². The highest BCUT2D eigenvalue weighted by Gasteiger charge is 2.60. The Balaban J connectivity index is 1.51. The average Bonchev–Trinajstić information content (AvgIpc) is 3.95. The van der Waals surface area contributed by atoms with Crippen LogP contribution in [0.4, 0.5) is 21.2 Å². The van der Waals surface area contributed by atoms with Gasteiger partial charge in [-0.05, 0) is 27.7 Å². The van der Waals surface area contributed by atoms with E-state index >= 15 is 0 Å². The molecule has 57 heavy (non-hydrogen) atoms. The minimum atomic E-state index is -4.99. The van der Waals surface area contributed by atoms with Gasteiger partial charge in [0.05, 0.1) is 0 Å². The molecule has 10 rings (SSSR count). The lowest BCUT2D eigenvalue weighted by atomic mass is 10.1. The Morgan fingerprint density at radius 3 is 1.18 bits per heavy atom. The topological polar surface area (TPSA) is 143 Å². The molecular weight excluding hydrogens is 737 g/mol. The minimum Gasteiger partial charge on any atom is -0.435 e. The van der Waals surface area contributed by atoms with E-state index in [2.05, 4.69) is 0 Å². The third-order valence-electron chi connectivity index (χ3n) is 10.8. The van der Waals surface area contributed by atoms with Crippen molar-refractivity contribution in [3.63, 3.8) is 0 Å². The number of carbonyl (C=O) groups is 2. The van der Waals surface area contributed by atoms with Crippen molar-refractivity contribution in [1.29, 1.82) is 0 Å². The molecule has 0 unspecified atom stereocenters. The number of aliphatic imine (C=N–C) groups is 4. The maximum Gasteiger partial charge on any atom is 0.744 e. The van der Waals surface area contributed by atoms with Crippen LogP contribution in [0.25, 0.3) is 21.5 Å². The molecule has 0 radical (unpaired) electrons. The number of aromatic nitrogens is 2. The van der Waals surface area contributed by atoms with Crippen molar-refractivity contribution in [2.75, 3.05) is 26.2 Å². The smallest absolute Gasteiger partial charge is 0.435 e. The predicted molar refractivity (Wildman–Crippen MR) is 220 cm³/mol. The lowest BCUT2D eigenvalue weighted by Gasteiger charge is -2.34. The van der Waals surface area contributed by atoms with Gasteiger partial charge in [0.1, 0.15) is 22.6 Å². The first-order valence-electron chi connectivity index (χ1n) is 19.1. The first-order chi connectivity index (χ1) is 27.9. The van der Waals surface area contributed by atoms with Gasteiger partial charge in [0.25, 0.3) is 0 Å². The summed E-state index contributed by atoms with van der Waals surface area (Å²) in [6.07, 6.45) is -1.38. The maximum atomic E-state index is 14.8. The number of hydrogen-bond donors (Lipinski definition) is 0. The van der Waals surface area contributed by atoms with E-state index < -0.39 is 21.1 Å². The summed E-state index contributed by atoms with van der Waals surface area (Å²) in [7, 11) is -4.99. The zero-order valence-corrected chi connectivity index (χ0v) is 32.7. The van der Waals surface area contributed by atoms with Gasteiger partial charge < -0.3 is 18.7 Å². The van der Waals surface area contributed by atoms with Crippen molar-refractivity contribution in [3.8, 4) is 0 Å². The number of nitrogens with zero attached hydrogens (tertiary/aromatic N) is 10. The summed E-state index contributed by atoms with van der Waals surface area (Å²) in [5.41, 5.74) is 3.74. The van der Waals surface area contributed by atoms with Crippen molar-refractivity contribution >= 4 is 77.6 Å². The monoisotopic (exact) mass is 772 g/mol. The molecular formula is C42H36N10O4Si. The molecule has 0 spiro atoms. The highest BCUT2D eigenvalue weighted by Crippen LogP contribution is 2.44. The summed E-state index contributed by atoms with van der Waals surface area (Å²) in [4.78, 5) is 64.2. The molecule has 15 heteroatoms. The second-order valence-electron chi connectivity index (χ2n) is 13.7. The van der Waals surface area contributed by atoms with E-state index in [1.54, 1.807) is 18.3 Å². The zero-order chi connectivity index (χ0) is 39.0. The Morgan fingerprint density at radius 2 is 0.807 bits per heavy atom. The molecule has 0 N–H and O–H groups in total. The molecule has 4 aliphatic rings. The minimum absolute atomic E-state index is 0.332. The number of benzene rings is 4. The molecule has 6 bridgehead atoms. The molecule has 0 saturated heterocycles. The molecule has 4 aromatic carbocycles. The third kappa shape index (κ3) is 5.01. The van der Waals surface area contributed by atoms with Crippen molar-refractivity contribution in [2.24, 2.45) is 30.0 Å². The average molecular weight is 773 g/mol. The summed E-state index contributed by atoms with van der Waals surface area (Å²) in [6, 6.07) is 30.9. The van der Waals surface area contributed by atoms with Crippen molar-refractivity contribution in [2.45, 2.75) is 27.7 Å². The Labute approximate surface area is 327 Å². The molecule has 0 atom stereocenters. The maximum absolute atomic E-state index is 14.8. The first kappa shape index (κ1) is 34.5. The highest BCUT2D eigenvalue weighted by atomic mass is 28.4. The number of fused-ring (bicyclic) bond motifs is 14. The van der Waals surface area contributed by atoms with Gasteiger partial charge in [0.15, 0.2) is 23.3 Å². The van der Waals surface area contributed by atoms with Crippen LogP contribution >= 0.6 is 0 Å². The predicted octanol–water partition coefficient (Wildman–Crippen LogP) is 6.33. The van der Waals surface area contributed by atoms with Crippen LogP contribution < -0.4 is 11.0 Å². The summed E-state index contributed by atoms with van der Waals surface area (Å²) in [6.45, 7) is 8.83. The van der Waals surface area contributed by atoms with Crippen LogP contribution in [0.3, 0.4) is 0 Å². The fourth-order valence-corrected chi connectivity index (χ4v) is 11.0. The van der Waals surface area contributed by atoms with E-state index in [1.165, 1.54) is 0 Å². The summed E-state index contributed by atoms with van der Waals surface area (Å²) < 4.78 is 17.5. The quantitative estimate of drug-likeness (QED) is 0.183. The highest BCUT2D eigenvalue weighted by molar-refractivity contribution is 6.69. The second-order valence-corrected chi connectivity index (χ2v) is 16.1. The van der Waals surface area contributed by atoms with E-state index in [9.17, 15) is 9.59 Å². The van der Waals surface area contributed by atoms with E-state index in [1.807, 2.05) is 125 Å². The first-order valence-corrected chi connectivity index (χ1v) is 20.8. The van der Waals surface area contributed by atoms with Crippen molar-refractivity contribution in [1.82, 2.24) is 18.3 Å². The second kappa shape index (κ2) is 13.1. The van der Waals surface area contributed by atoms with Gasteiger partial charge in [0.2, 0.25) is 0 Å². The molecule has 2 amide bonds. The van der Waals surface area contributed by atoms with Gasteiger partial charge in [-0.1, -0.05) is 97.1 Å². The van der Waals surface area contributed by atoms with Gasteiger partial charge in [-0.15, -0.1) is 0 Å². The van der Waals surface area contributed by atoms with E-state index in [0.717, 1.165) is 22.3 Å². The van der Waals surface area contributed by atoms with E-state index in [0.29, 0.717) is 93.7 Å². The molecule has 0 fully saturated rings. The molecule has 282 valence electrons. The fourth-order valence-electron chi connectivity index (χ4n) is 7.96. The van der Waals surface area contributed by atoms with Crippen LogP contribution in [0.5, 0.6) is 0 Å². The van der Waals surface area contributed by atoms with Crippen LogP contribution in [-0.2, 0) is 8.85 Å². The van der Waals surface area contributed by atoms with E-state index in [-0.39, 0.29) is 0 Å². The summed E-state index contributed by atoms with van der Waals surface area (Å²) in [5.74, 6) is 2.25. The van der Waals surface area contributed by atoms with Gasteiger partial charge in [-0.25, -0.2) is 39.5 Å². The number of carbonyl (C=O) groups excluding carboxylic acids is 2. The largest absolute Gasteiger partial charge is 0.744 e. The number of amidine groups is 4. The van der Waals surface area contributed by atoms with Crippen molar-refractivity contribution in [3.05, 3.63) is 130 Å². The Bertz CT molecular complexity index is 2800. The number of hydrogen-bond acceptors (Lipinski definition) is 10. The third-order valence-corrected chi connectivity index (χ3v) is 13.7. The molecule has 14 nitrogen and oxygen atoms in total. The van der Waals surface area contributed by atoms with Crippen LogP contribution in [0.15, 0.2) is 127 Å². The van der Waals surface area contributed by atoms with Crippen LogP contribution in [-0.4, -0.2) is 88.9 Å². The fraction of sp³-hybridized carbons (Fsp3) is 0.190.